The minimum absolute atomic E-state index is 0.309. The zero-order valence-corrected chi connectivity index (χ0v) is 12.5. The molecule has 0 radical (unpaired) electrons. The molecule has 2 rings (SSSR count). The molecule has 0 aromatic heterocycles. The highest BCUT2D eigenvalue weighted by Crippen LogP contribution is 2.12. The number of hydrogen-bond donors (Lipinski definition) is 0. The van der Waals surface area contributed by atoms with Gasteiger partial charge in [0.25, 0.3) is 0 Å². The standard InChI is InChI=1S/C11H14O2.C8H8/c1-3-10-5-7-11(8-6-10)13-9-12-4-2;1-2-8-6-4-3-5-7-8/h3,5-8H,1,4,9H2,2H3;2-7H,1H2. The molecule has 21 heavy (non-hydrogen) atoms. The lowest BCUT2D eigenvalue weighted by Crippen LogP contribution is -2.01. The highest BCUT2D eigenvalue weighted by molar-refractivity contribution is 5.48. The Kier molecular flexibility index (Phi) is 8.34. The van der Waals surface area contributed by atoms with Crippen LogP contribution in [0.15, 0.2) is 67.8 Å². The lowest BCUT2D eigenvalue weighted by molar-refractivity contribution is 0.0224. The van der Waals surface area contributed by atoms with Gasteiger partial charge < -0.3 is 9.47 Å². The van der Waals surface area contributed by atoms with Crippen molar-refractivity contribution >= 4 is 12.2 Å². The van der Waals surface area contributed by atoms with Gasteiger partial charge in [0.15, 0.2) is 6.79 Å². The van der Waals surface area contributed by atoms with Crippen LogP contribution in [-0.4, -0.2) is 13.4 Å². The summed E-state index contributed by atoms with van der Waals surface area (Å²) < 4.78 is 10.3. The first kappa shape index (κ1) is 16.7. The smallest absolute Gasteiger partial charge is 0.189 e. The lowest BCUT2D eigenvalue weighted by Gasteiger charge is -2.05. The van der Waals surface area contributed by atoms with E-state index in [0.717, 1.165) is 11.3 Å². The Hall–Kier alpha value is -2.32. The van der Waals surface area contributed by atoms with Crippen LogP contribution >= 0.6 is 0 Å². The Morgan fingerprint density at radius 3 is 1.90 bits per heavy atom. The van der Waals surface area contributed by atoms with E-state index in [-0.39, 0.29) is 0 Å². The van der Waals surface area contributed by atoms with Gasteiger partial charge in [0, 0.05) is 6.61 Å². The van der Waals surface area contributed by atoms with Gasteiger partial charge in [0.05, 0.1) is 0 Å². The quantitative estimate of drug-likeness (QED) is 0.546. The molecule has 0 bridgehead atoms. The van der Waals surface area contributed by atoms with Crippen LogP contribution in [0.2, 0.25) is 0 Å². The molecule has 0 N–H and O–H groups in total. The summed E-state index contributed by atoms with van der Waals surface area (Å²) in [6.45, 7) is 10.2. The summed E-state index contributed by atoms with van der Waals surface area (Å²) in [6, 6.07) is 17.7. The second-order valence-corrected chi connectivity index (χ2v) is 4.14. The van der Waals surface area contributed by atoms with Gasteiger partial charge in [0.1, 0.15) is 5.75 Å². The first-order valence-corrected chi connectivity index (χ1v) is 6.90. The second-order valence-electron chi connectivity index (χ2n) is 4.14. The van der Waals surface area contributed by atoms with E-state index in [2.05, 4.69) is 13.2 Å². The molecule has 0 saturated carbocycles. The molecule has 0 saturated heterocycles. The van der Waals surface area contributed by atoms with Crippen LogP contribution in [0, 0.1) is 0 Å². The van der Waals surface area contributed by atoms with Crippen LogP contribution < -0.4 is 4.74 Å². The molecule has 0 spiro atoms. The van der Waals surface area contributed by atoms with Crippen molar-refractivity contribution < 1.29 is 9.47 Å². The molecule has 0 heterocycles. The zero-order valence-electron chi connectivity index (χ0n) is 12.5. The molecule has 0 aliphatic rings. The highest BCUT2D eigenvalue weighted by Gasteiger charge is 1.91. The lowest BCUT2D eigenvalue weighted by atomic mass is 10.2. The molecule has 0 atom stereocenters. The fourth-order valence-electron chi connectivity index (χ4n) is 1.48. The second kappa shape index (κ2) is 10.5. The third kappa shape index (κ3) is 7.14. The van der Waals surface area contributed by atoms with Crippen molar-refractivity contribution in [2.24, 2.45) is 0 Å². The van der Waals surface area contributed by atoms with Crippen LogP contribution in [0.25, 0.3) is 12.2 Å². The average molecular weight is 282 g/mol. The van der Waals surface area contributed by atoms with E-state index in [1.807, 2.05) is 67.6 Å². The van der Waals surface area contributed by atoms with E-state index in [4.69, 9.17) is 9.47 Å². The maximum atomic E-state index is 5.29. The van der Waals surface area contributed by atoms with Gasteiger partial charge >= 0.3 is 0 Å². The summed E-state index contributed by atoms with van der Waals surface area (Å²) in [5, 5.41) is 0. The maximum Gasteiger partial charge on any atom is 0.189 e. The van der Waals surface area contributed by atoms with Gasteiger partial charge in [-0.1, -0.05) is 67.8 Å². The van der Waals surface area contributed by atoms with Gasteiger partial charge in [0.2, 0.25) is 0 Å². The summed E-state index contributed by atoms with van der Waals surface area (Å²) in [5.74, 6) is 0.819. The van der Waals surface area contributed by atoms with Gasteiger partial charge in [-0.2, -0.15) is 0 Å². The van der Waals surface area contributed by atoms with Crippen molar-refractivity contribution in [3.8, 4) is 5.75 Å². The van der Waals surface area contributed by atoms with E-state index in [9.17, 15) is 0 Å². The van der Waals surface area contributed by atoms with Crippen LogP contribution in [0.3, 0.4) is 0 Å². The normalized spacial score (nSPS) is 9.19. The van der Waals surface area contributed by atoms with Crippen molar-refractivity contribution in [1.82, 2.24) is 0 Å². The molecule has 0 amide bonds. The topological polar surface area (TPSA) is 18.5 Å². The van der Waals surface area contributed by atoms with Crippen molar-refractivity contribution in [2.45, 2.75) is 6.92 Å². The Morgan fingerprint density at radius 2 is 1.43 bits per heavy atom. The average Bonchev–Trinajstić information content (AvgIpc) is 2.57. The predicted octanol–water partition coefficient (Wildman–Crippen LogP) is 5.03. The Labute approximate surface area is 127 Å². The van der Waals surface area contributed by atoms with Crippen LogP contribution in [0.1, 0.15) is 18.1 Å². The third-order valence-electron chi connectivity index (χ3n) is 2.66. The summed E-state index contributed by atoms with van der Waals surface area (Å²) in [4.78, 5) is 0. The molecule has 2 nitrogen and oxygen atoms in total. The summed E-state index contributed by atoms with van der Waals surface area (Å²) in [5.41, 5.74) is 2.26. The summed E-state index contributed by atoms with van der Waals surface area (Å²) >= 11 is 0. The largest absolute Gasteiger partial charge is 0.468 e. The molecule has 0 fully saturated rings. The molecule has 2 aromatic carbocycles. The van der Waals surface area contributed by atoms with Gasteiger partial charge in [-0.25, -0.2) is 0 Å². The van der Waals surface area contributed by atoms with Crippen molar-refractivity contribution in [3.63, 3.8) is 0 Å². The minimum atomic E-state index is 0.309. The molecular weight excluding hydrogens is 260 g/mol. The SMILES string of the molecule is C=Cc1ccc(OCOCC)cc1.C=Cc1ccccc1. The molecule has 2 heteroatoms. The van der Waals surface area contributed by atoms with Crippen LogP contribution in [0.4, 0.5) is 0 Å². The van der Waals surface area contributed by atoms with Crippen LogP contribution in [0.5, 0.6) is 5.75 Å². The summed E-state index contributed by atoms with van der Waals surface area (Å²) in [7, 11) is 0. The monoisotopic (exact) mass is 282 g/mol. The van der Waals surface area contributed by atoms with E-state index in [0.29, 0.717) is 13.4 Å². The fourth-order valence-corrected chi connectivity index (χ4v) is 1.48. The minimum Gasteiger partial charge on any atom is -0.468 e. The number of hydrogen-bond acceptors (Lipinski definition) is 2. The molecular formula is C19H22O2. The number of rotatable bonds is 6. The van der Waals surface area contributed by atoms with E-state index < -0.39 is 0 Å². The van der Waals surface area contributed by atoms with Crippen molar-refractivity contribution in [1.29, 1.82) is 0 Å². The first-order chi connectivity index (χ1) is 10.3. The highest BCUT2D eigenvalue weighted by atomic mass is 16.7. The Balaban J connectivity index is 0.000000235. The molecule has 0 aliphatic carbocycles. The van der Waals surface area contributed by atoms with Crippen molar-refractivity contribution in [3.05, 3.63) is 78.9 Å². The maximum absolute atomic E-state index is 5.29. The van der Waals surface area contributed by atoms with Gasteiger partial charge in [-0.3, -0.25) is 0 Å². The molecule has 2 aromatic rings. The summed E-state index contributed by atoms with van der Waals surface area (Å²) in [6.07, 6.45) is 3.63. The van der Waals surface area contributed by atoms with E-state index >= 15 is 0 Å². The van der Waals surface area contributed by atoms with E-state index in [1.54, 1.807) is 6.08 Å². The van der Waals surface area contributed by atoms with Crippen LogP contribution in [-0.2, 0) is 4.74 Å². The zero-order chi connectivity index (χ0) is 15.3. The molecule has 0 unspecified atom stereocenters. The Bertz CT molecular complexity index is 515. The number of ether oxygens (including phenoxy) is 2. The van der Waals surface area contributed by atoms with Crippen molar-refractivity contribution in [2.75, 3.05) is 13.4 Å². The van der Waals surface area contributed by atoms with Gasteiger partial charge in [-0.05, 0) is 30.2 Å². The molecule has 0 aliphatic heterocycles. The van der Waals surface area contributed by atoms with Gasteiger partial charge in [-0.15, -0.1) is 0 Å². The van der Waals surface area contributed by atoms with E-state index in [1.165, 1.54) is 5.56 Å². The first-order valence-electron chi connectivity index (χ1n) is 6.90. The Morgan fingerprint density at radius 1 is 0.857 bits per heavy atom. The number of benzene rings is 2. The molecule has 110 valence electrons. The fraction of sp³-hybridized carbons (Fsp3) is 0.158. The predicted molar refractivity (Wildman–Crippen MR) is 90.2 cm³/mol. The third-order valence-corrected chi connectivity index (χ3v) is 2.66.